The van der Waals surface area contributed by atoms with Crippen molar-refractivity contribution in [1.82, 2.24) is 4.98 Å². The molecule has 2 N–H and O–H groups in total. The molecule has 0 atom stereocenters. The van der Waals surface area contributed by atoms with Crippen LogP contribution in [0.2, 0.25) is 0 Å². The Balaban J connectivity index is 1.74. The van der Waals surface area contributed by atoms with E-state index >= 15 is 0 Å². The molecule has 0 aliphatic carbocycles. The number of unbranched alkanes of at least 4 members (excludes halogenated alkanes) is 5. The zero-order valence-corrected chi connectivity index (χ0v) is 13.0. The van der Waals surface area contributed by atoms with Crippen molar-refractivity contribution in [3.05, 3.63) is 35.9 Å². The van der Waals surface area contributed by atoms with Crippen molar-refractivity contribution < 1.29 is 4.74 Å². The first kappa shape index (κ1) is 15.8. The lowest BCUT2D eigenvalue weighted by molar-refractivity contribution is 0.117. The van der Waals surface area contributed by atoms with Crippen LogP contribution < -0.4 is 5.73 Å². The number of nitrogens with two attached hydrogens (primary N) is 1. The topological polar surface area (TPSA) is 48.1 Å². The van der Waals surface area contributed by atoms with Gasteiger partial charge in [-0.05, 0) is 18.6 Å². The van der Waals surface area contributed by atoms with Crippen molar-refractivity contribution >= 4 is 16.7 Å². The number of fused-ring (bicyclic) bond motifs is 1. The molecule has 1 heterocycles. The van der Waals surface area contributed by atoms with Gasteiger partial charge in [0.2, 0.25) is 0 Å². The quantitative estimate of drug-likeness (QED) is 0.680. The van der Waals surface area contributed by atoms with E-state index in [2.05, 4.69) is 24.0 Å². The van der Waals surface area contributed by atoms with E-state index in [0.29, 0.717) is 12.4 Å². The van der Waals surface area contributed by atoms with Crippen LogP contribution in [0.4, 0.5) is 5.82 Å². The lowest BCUT2D eigenvalue weighted by atomic mass is 10.1. The summed E-state index contributed by atoms with van der Waals surface area (Å²) in [7, 11) is 0. The Hall–Kier alpha value is -1.61. The molecule has 0 unspecified atom stereocenters. The molecule has 0 saturated carbocycles. The number of rotatable bonds is 9. The molecule has 0 saturated heterocycles. The third-order valence-electron chi connectivity index (χ3n) is 3.74. The zero-order valence-electron chi connectivity index (χ0n) is 13.0. The van der Waals surface area contributed by atoms with Gasteiger partial charge in [0.25, 0.3) is 0 Å². The summed E-state index contributed by atoms with van der Waals surface area (Å²) >= 11 is 0. The highest BCUT2D eigenvalue weighted by atomic mass is 16.5. The molecule has 0 fully saturated rings. The van der Waals surface area contributed by atoms with Crippen LogP contribution in [0.25, 0.3) is 10.9 Å². The molecule has 3 nitrogen and oxygen atoms in total. The number of ether oxygens (including phenoxy) is 1. The third-order valence-corrected chi connectivity index (χ3v) is 3.74. The number of benzene rings is 1. The fraction of sp³-hybridized carbons (Fsp3) is 0.500. The third kappa shape index (κ3) is 5.01. The fourth-order valence-electron chi connectivity index (χ4n) is 2.46. The van der Waals surface area contributed by atoms with Crippen LogP contribution in [0.5, 0.6) is 0 Å². The SMILES string of the molecule is CCCCCCCCOCc1cc2ccccc2nc1N. The van der Waals surface area contributed by atoms with Crippen LogP contribution in [0.1, 0.15) is 51.0 Å². The summed E-state index contributed by atoms with van der Waals surface area (Å²) in [5.41, 5.74) is 7.92. The number of nitrogens with zero attached hydrogens (tertiary/aromatic N) is 1. The van der Waals surface area contributed by atoms with E-state index in [9.17, 15) is 0 Å². The van der Waals surface area contributed by atoms with Gasteiger partial charge in [-0.25, -0.2) is 4.98 Å². The van der Waals surface area contributed by atoms with Crippen LogP contribution in [-0.2, 0) is 11.3 Å². The molecule has 1 aromatic heterocycles. The van der Waals surface area contributed by atoms with Crippen LogP contribution in [0, 0.1) is 0 Å². The van der Waals surface area contributed by atoms with E-state index in [0.717, 1.165) is 29.5 Å². The van der Waals surface area contributed by atoms with E-state index < -0.39 is 0 Å². The highest BCUT2D eigenvalue weighted by Gasteiger charge is 2.03. The molecule has 1 aromatic carbocycles. The summed E-state index contributed by atoms with van der Waals surface area (Å²) in [6.07, 6.45) is 7.69. The maximum Gasteiger partial charge on any atom is 0.129 e. The summed E-state index contributed by atoms with van der Waals surface area (Å²) in [6, 6.07) is 10.1. The standard InChI is InChI=1S/C18H26N2O/c1-2-3-4-5-6-9-12-21-14-16-13-15-10-7-8-11-17(15)20-18(16)19/h7-8,10-11,13H,2-6,9,12,14H2,1H3,(H2,19,20). The Morgan fingerprint density at radius 3 is 2.67 bits per heavy atom. The van der Waals surface area contributed by atoms with E-state index in [1.807, 2.05) is 18.2 Å². The Bertz CT molecular complexity index is 554. The van der Waals surface area contributed by atoms with E-state index in [1.54, 1.807) is 0 Å². The number of anilines is 1. The number of hydrogen-bond donors (Lipinski definition) is 1. The first-order valence-corrected chi connectivity index (χ1v) is 8.03. The first-order valence-electron chi connectivity index (χ1n) is 8.03. The first-order chi connectivity index (χ1) is 10.3. The molecule has 114 valence electrons. The number of pyridine rings is 1. The van der Waals surface area contributed by atoms with Crippen molar-refractivity contribution in [2.24, 2.45) is 0 Å². The predicted octanol–water partition coefficient (Wildman–Crippen LogP) is 4.69. The Morgan fingerprint density at radius 1 is 1.05 bits per heavy atom. The molecular formula is C18H26N2O. The predicted molar refractivity (Wildman–Crippen MR) is 89.2 cm³/mol. The van der Waals surface area contributed by atoms with Gasteiger partial charge in [0.15, 0.2) is 0 Å². The zero-order chi connectivity index (χ0) is 14.9. The number of para-hydroxylation sites is 1. The van der Waals surface area contributed by atoms with Gasteiger partial charge in [-0.2, -0.15) is 0 Å². The average Bonchev–Trinajstić information content (AvgIpc) is 2.50. The van der Waals surface area contributed by atoms with Crippen molar-refractivity contribution in [2.75, 3.05) is 12.3 Å². The van der Waals surface area contributed by atoms with Gasteiger partial charge in [0.05, 0.1) is 12.1 Å². The Kier molecular flexibility index (Phi) is 6.48. The Labute approximate surface area is 127 Å². The van der Waals surface area contributed by atoms with Gasteiger partial charge in [0.1, 0.15) is 5.82 Å². The number of hydrogen-bond acceptors (Lipinski definition) is 3. The van der Waals surface area contributed by atoms with Gasteiger partial charge < -0.3 is 10.5 Å². The van der Waals surface area contributed by atoms with Crippen LogP contribution >= 0.6 is 0 Å². The largest absolute Gasteiger partial charge is 0.383 e. The van der Waals surface area contributed by atoms with Crippen molar-refractivity contribution in [3.8, 4) is 0 Å². The highest BCUT2D eigenvalue weighted by molar-refractivity contribution is 5.81. The van der Waals surface area contributed by atoms with E-state index in [4.69, 9.17) is 10.5 Å². The molecule has 0 spiro atoms. The molecule has 2 rings (SSSR count). The van der Waals surface area contributed by atoms with Crippen LogP contribution in [-0.4, -0.2) is 11.6 Å². The van der Waals surface area contributed by atoms with Crippen molar-refractivity contribution in [2.45, 2.75) is 52.1 Å². The summed E-state index contributed by atoms with van der Waals surface area (Å²) in [4.78, 5) is 4.42. The second-order valence-corrected chi connectivity index (χ2v) is 5.55. The molecular weight excluding hydrogens is 260 g/mol. The molecule has 0 amide bonds. The molecule has 3 heteroatoms. The minimum Gasteiger partial charge on any atom is -0.383 e. The smallest absolute Gasteiger partial charge is 0.129 e. The minimum absolute atomic E-state index is 0.554. The van der Waals surface area contributed by atoms with Gasteiger partial charge in [-0.15, -0.1) is 0 Å². The number of nitrogen functional groups attached to an aromatic ring is 1. The second-order valence-electron chi connectivity index (χ2n) is 5.55. The van der Waals surface area contributed by atoms with Gasteiger partial charge >= 0.3 is 0 Å². The normalized spacial score (nSPS) is 11.1. The molecule has 0 aliphatic rings. The van der Waals surface area contributed by atoms with E-state index in [-0.39, 0.29) is 0 Å². The summed E-state index contributed by atoms with van der Waals surface area (Å²) in [6.45, 7) is 3.60. The highest BCUT2D eigenvalue weighted by Crippen LogP contribution is 2.19. The molecule has 21 heavy (non-hydrogen) atoms. The maximum absolute atomic E-state index is 5.99. The lowest BCUT2D eigenvalue weighted by Crippen LogP contribution is -2.02. The monoisotopic (exact) mass is 286 g/mol. The molecule has 2 aromatic rings. The van der Waals surface area contributed by atoms with Gasteiger partial charge in [0, 0.05) is 17.6 Å². The number of aromatic nitrogens is 1. The van der Waals surface area contributed by atoms with Crippen molar-refractivity contribution in [3.63, 3.8) is 0 Å². The molecule has 0 radical (unpaired) electrons. The van der Waals surface area contributed by atoms with Gasteiger partial charge in [-0.3, -0.25) is 0 Å². The average molecular weight is 286 g/mol. The van der Waals surface area contributed by atoms with Crippen LogP contribution in [0.3, 0.4) is 0 Å². The van der Waals surface area contributed by atoms with Crippen LogP contribution in [0.15, 0.2) is 30.3 Å². The Morgan fingerprint density at radius 2 is 1.81 bits per heavy atom. The van der Waals surface area contributed by atoms with E-state index in [1.165, 1.54) is 32.1 Å². The minimum atomic E-state index is 0.554. The fourth-order valence-corrected chi connectivity index (χ4v) is 2.46. The second kappa shape index (κ2) is 8.63. The molecule has 0 bridgehead atoms. The lowest BCUT2D eigenvalue weighted by Gasteiger charge is -2.08. The summed E-state index contributed by atoms with van der Waals surface area (Å²) in [5, 5.41) is 1.12. The van der Waals surface area contributed by atoms with Gasteiger partial charge in [-0.1, -0.05) is 57.2 Å². The summed E-state index contributed by atoms with van der Waals surface area (Å²) in [5.74, 6) is 0.580. The van der Waals surface area contributed by atoms with Crippen molar-refractivity contribution in [1.29, 1.82) is 0 Å². The maximum atomic E-state index is 5.99. The summed E-state index contributed by atoms with van der Waals surface area (Å²) < 4.78 is 5.74. The molecule has 0 aliphatic heterocycles.